The molecule has 1 heterocycles. The van der Waals surface area contributed by atoms with Crippen LogP contribution in [-0.2, 0) is 6.42 Å². The van der Waals surface area contributed by atoms with Crippen LogP contribution in [0.3, 0.4) is 0 Å². The van der Waals surface area contributed by atoms with Gasteiger partial charge in [0.25, 0.3) is 0 Å². The highest BCUT2D eigenvalue weighted by Crippen LogP contribution is 2.32. The van der Waals surface area contributed by atoms with Crippen LogP contribution >= 0.6 is 0 Å². The van der Waals surface area contributed by atoms with E-state index in [0.717, 1.165) is 50.6 Å². The van der Waals surface area contributed by atoms with Gasteiger partial charge < -0.3 is 5.11 Å². The Kier molecular flexibility index (Phi) is 3.87. The Morgan fingerprint density at radius 2 is 2.00 bits per heavy atom. The summed E-state index contributed by atoms with van der Waals surface area (Å²) in [6.07, 6.45) is 9.19. The Labute approximate surface area is 104 Å². The molecule has 3 heteroatoms. The van der Waals surface area contributed by atoms with E-state index >= 15 is 0 Å². The van der Waals surface area contributed by atoms with E-state index in [9.17, 15) is 5.11 Å². The van der Waals surface area contributed by atoms with Crippen molar-refractivity contribution in [3.63, 3.8) is 0 Å². The van der Waals surface area contributed by atoms with Crippen LogP contribution < -0.4 is 0 Å². The van der Waals surface area contributed by atoms with Crippen LogP contribution in [0.1, 0.15) is 64.1 Å². The van der Waals surface area contributed by atoms with Crippen molar-refractivity contribution in [1.82, 2.24) is 9.78 Å². The lowest BCUT2D eigenvalue weighted by Crippen LogP contribution is -2.27. The maximum atomic E-state index is 10.4. The molecule has 1 N–H and O–H groups in total. The molecule has 1 saturated carbocycles. The molecule has 17 heavy (non-hydrogen) atoms. The molecule has 0 atom stereocenters. The summed E-state index contributed by atoms with van der Waals surface area (Å²) in [5.41, 5.74) is 0.564. The summed E-state index contributed by atoms with van der Waals surface area (Å²) in [5.74, 6) is 0. The molecule has 0 aromatic carbocycles. The molecule has 1 aliphatic carbocycles. The normalized spacial score (nSPS) is 19.1. The van der Waals surface area contributed by atoms with Crippen molar-refractivity contribution in [3.05, 3.63) is 18.0 Å². The maximum absolute atomic E-state index is 10.4. The number of aliphatic hydroxyl groups is 1. The first-order chi connectivity index (χ1) is 8.17. The predicted octanol–water partition coefficient (Wildman–Crippen LogP) is 3.09. The zero-order valence-electron chi connectivity index (χ0n) is 11.0. The van der Waals surface area contributed by atoms with Gasteiger partial charge in [0.1, 0.15) is 0 Å². The second kappa shape index (κ2) is 5.21. The quantitative estimate of drug-likeness (QED) is 0.853. The van der Waals surface area contributed by atoms with Crippen molar-refractivity contribution in [2.24, 2.45) is 0 Å². The number of hydrogen-bond acceptors (Lipinski definition) is 2. The summed E-state index contributed by atoms with van der Waals surface area (Å²) in [6.45, 7) is 4.39. The van der Waals surface area contributed by atoms with Gasteiger partial charge in [-0.05, 0) is 31.7 Å². The molecular weight excluding hydrogens is 212 g/mol. The third-order valence-corrected chi connectivity index (χ3v) is 4.02. The molecule has 0 aliphatic heterocycles. The zero-order valence-corrected chi connectivity index (χ0v) is 11.0. The van der Waals surface area contributed by atoms with Crippen LogP contribution in [0, 0.1) is 0 Å². The molecule has 3 nitrogen and oxygen atoms in total. The number of nitrogens with zero attached hydrogens (tertiary/aromatic N) is 2. The largest absolute Gasteiger partial charge is 0.389 e. The summed E-state index contributed by atoms with van der Waals surface area (Å²) in [7, 11) is 0. The Morgan fingerprint density at radius 1 is 1.35 bits per heavy atom. The highest BCUT2D eigenvalue weighted by Gasteiger charge is 2.31. The fourth-order valence-corrected chi connectivity index (χ4v) is 2.88. The van der Waals surface area contributed by atoms with Crippen molar-refractivity contribution >= 4 is 0 Å². The maximum Gasteiger partial charge on any atom is 0.0703 e. The molecule has 0 amide bonds. The molecule has 1 aromatic heterocycles. The highest BCUT2D eigenvalue weighted by atomic mass is 16.3. The van der Waals surface area contributed by atoms with Crippen molar-refractivity contribution in [2.45, 2.75) is 70.4 Å². The van der Waals surface area contributed by atoms with E-state index in [1.807, 2.05) is 0 Å². The van der Waals surface area contributed by atoms with Crippen molar-refractivity contribution in [2.75, 3.05) is 0 Å². The van der Waals surface area contributed by atoms with E-state index in [-0.39, 0.29) is 0 Å². The molecule has 0 saturated heterocycles. The first kappa shape index (κ1) is 12.6. The topological polar surface area (TPSA) is 38.0 Å². The predicted molar refractivity (Wildman–Crippen MR) is 69.0 cm³/mol. The highest BCUT2D eigenvalue weighted by molar-refractivity contribution is 5.05. The van der Waals surface area contributed by atoms with Crippen LogP contribution in [0.4, 0.5) is 0 Å². The number of hydrogen-bond donors (Lipinski definition) is 1. The molecule has 1 fully saturated rings. The fourth-order valence-electron chi connectivity index (χ4n) is 2.88. The van der Waals surface area contributed by atoms with Crippen LogP contribution in [0.25, 0.3) is 0 Å². The van der Waals surface area contributed by atoms with Crippen molar-refractivity contribution in [3.8, 4) is 0 Å². The number of aromatic nitrogens is 2. The smallest absolute Gasteiger partial charge is 0.0703 e. The lowest BCUT2D eigenvalue weighted by molar-refractivity contribution is 0.0470. The minimum Gasteiger partial charge on any atom is -0.389 e. The van der Waals surface area contributed by atoms with Crippen LogP contribution in [0.5, 0.6) is 0 Å². The average Bonchev–Trinajstić information content (AvgIpc) is 2.91. The summed E-state index contributed by atoms with van der Waals surface area (Å²) >= 11 is 0. The van der Waals surface area contributed by atoms with Crippen LogP contribution in [-0.4, -0.2) is 20.5 Å². The molecule has 1 aliphatic rings. The Bertz CT molecular complexity index is 349. The Morgan fingerprint density at radius 3 is 2.59 bits per heavy atom. The van der Waals surface area contributed by atoms with E-state index in [2.05, 4.69) is 35.9 Å². The van der Waals surface area contributed by atoms with Gasteiger partial charge >= 0.3 is 0 Å². The van der Waals surface area contributed by atoms with Gasteiger partial charge in [0, 0.05) is 12.6 Å². The first-order valence-electron chi connectivity index (χ1n) is 6.93. The van der Waals surface area contributed by atoms with E-state index in [4.69, 9.17) is 0 Å². The summed E-state index contributed by atoms with van der Waals surface area (Å²) in [4.78, 5) is 0. The first-order valence-corrected chi connectivity index (χ1v) is 6.93. The fraction of sp³-hybridized carbons (Fsp3) is 0.786. The van der Waals surface area contributed by atoms with E-state index in [1.165, 1.54) is 0 Å². The van der Waals surface area contributed by atoms with Crippen molar-refractivity contribution in [1.29, 1.82) is 0 Å². The molecule has 96 valence electrons. The van der Waals surface area contributed by atoms with E-state index in [0.29, 0.717) is 6.04 Å². The van der Waals surface area contributed by atoms with Gasteiger partial charge in [-0.1, -0.05) is 26.7 Å². The lowest BCUT2D eigenvalue weighted by Gasteiger charge is -2.20. The van der Waals surface area contributed by atoms with E-state index < -0.39 is 5.60 Å². The molecule has 0 unspecified atom stereocenters. The SMILES string of the molecule is CCC(CC)n1ccc(CC2(O)CCCC2)n1. The lowest BCUT2D eigenvalue weighted by atomic mass is 9.96. The van der Waals surface area contributed by atoms with Gasteiger partial charge in [0.2, 0.25) is 0 Å². The molecule has 0 bridgehead atoms. The molecule has 0 radical (unpaired) electrons. The summed E-state index contributed by atoms with van der Waals surface area (Å²) in [5, 5.41) is 15.0. The third-order valence-electron chi connectivity index (χ3n) is 4.02. The van der Waals surface area contributed by atoms with Crippen LogP contribution in [0.15, 0.2) is 12.3 Å². The minimum atomic E-state index is -0.479. The number of rotatable bonds is 5. The summed E-state index contributed by atoms with van der Waals surface area (Å²) in [6, 6.07) is 2.57. The van der Waals surface area contributed by atoms with Gasteiger partial charge in [0.05, 0.1) is 17.3 Å². The Hall–Kier alpha value is -0.830. The minimum absolute atomic E-state index is 0.479. The molecule has 0 spiro atoms. The zero-order chi connectivity index (χ0) is 12.3. The summed E-state index contributed by atoms with van der Waals surface area (Å²) < 4.78 is 2.06. The van der Waals surface area contributed by atoms with Gasteiger partial charge in [-0.2, -0.15) is 5.10 Å². The van der Waals surface area contributed by atoms with Gasteiger partial charge in [0.15, 0.2) is 0 Å². The van der Waals surface area contributed by atoms with Gasteiger partial charge in [-0.15, -0.1) is 0 Å². The molecule has 1 aromatic rings. The molecule has 2 rings (SSSR count). The standard InChI is InChI=1S/C14H24N2O/c1-3-13(4-2)16-10-7-12(15-16)11-14(17)8-5-6-9-14/h7,10,13,17H,3-6,8-9,11H2,1-2H3. The van der Waals surface area contributed by atoms with Crippen molar-refractivity contribution < 1.29 is 5.11 Å². The van der Waals surface area contributed by atoms with Gasteiger partial charge in [-0.3, -0.25) is 4.68 Å². The average molecular weight is 236 g/mol. The van der Waals surface area contributed by atoms with Gasteiger partial charge in [-0.25, -0.2) is 0 Å². The second-order valence-electron chi connectivity index (χ2n) is 5.37. The monoisotopic (exact) mass is 236 g/mol. The Balaban J connectivity index is 2.03. The van der Waals surface area contributed by atoms with E-state index in [1.54, 1.807) is 0 Å². The van der Waals surface area contributed by atoms with Crippen LogP contribution in [0.2, 0.25) is 0 Å². The molecular formula is C14H24N2O. The second-order valence-corrected chi connectivity index (χ2v) is 5.37. The third kappa shape index (κ3) is 2.89.